The van der Waals surface area contributed by atoms with Gasteiger partial charge in [0.05, 0.1) is 10.9 Å². The first-order chi connectivity index (χ1) is 9.02. The van der Waals surface area contributed by atoms with Crippen molar-refractivity contribution in [2.75, 3.05) is 5.73 Å². The molecule has 1 aromatic carbocycles. The molecule has 1 unspecified atom stereocenters. The molecule has 1 atom stereocenters. The van der Waals surface area contributed by atoms with Gasteiger partial charge < -0.3 is 5.73 Å². The Morgan fingerprint density at radius 2 is 1.95 bits per heavy atom. The number of rotatable bonds is 2. The number of nitriles is 1. The van der Waals surface area contributed by atoms with Crippen molar-refractivity contribution in [3.05, 3.63) is 40.7 Å². The van der Waals surface area contributed by atoms with Crippen molar-refractivity contribution in [2.45, 2.75) is 12.2 Å². The van der Waals surface area contributed by atoms with Crippen LogP contribution in [0.1, 0.15) is 23.6 Å². The summed E-state index contributed by atoms with van der Waals surface area (Å²) >= 11 is 10.1. The summed E-state index contributed by atoms with van der Waals surface area (Å²) in [6, 6.07) is 9.09. The Morgan fingerprint density at radius 3 is 2.47 bits per heavy atom. The van der Waals surface area contributed by atoms with E-state index in [0.717, 1.165) is 5.56 Å². The standard InChI is InChI=1S/C13H11ClN4S/c1-7(19)13-17-11(10(6-15)12(16)18-13)8-2-4-9(14)5-3-8/h2-5,7,19H,1H3,(H2,16,17,18). The quantitative estimate of drug-likeness (QED) is 0.833. The summed E-state index contributed by atoms with van der Waals surface area (Å²) < 4.78 is 0. The van der Waals surface area contributed by atoms with Crippen LogP contribution in [0.3, 0.4) is 0 Å². The van der Waals surface area contributed by atoms with Crippen LogP contribution < -0.4 is 5.73 Å². The number of hydrogen-bond acceptors (Lipinski definition) is 5. The summed E-state index contributed by atoms with van der Waals surface area (Å²) in [5.74, 6) is 0.656. The van der Waals surface area contributed by atoms with Gasteiger partial charge in [0, 0.05) is 10.6 Å². The second kappa shape index (κ2) is 5.47. The topological polar surface area (TPSA) is 75.6 Å². The van der Waals surface area contributed by atoms with Gasteiger partial charge in [0.1, 0.15) is 23.3 Å². The van der Waals surface area contributed by atoms with Crippen LogP contribution in [0.15, 0.2) is 24.3 Å². The first-order valence-corrected chi connectivity index (χ1v) is 6.44. The van der Waals surface area contributed by atoms with E-state index in [4.69, 9.17) is 17.3 Å². The predicted molar refractivity (Wildman–Crippen MR) is 79.0 cm³/mol. The minimum absolute atomic E-state index is 0.165. The molecule has 96 valence electrons. The first-order valence-electron chi connectivity index (χ1n) is 5.54. The molecule has 1 aromatic heterocycles. The normalized spacial score (nSPS) is 11.9. The number of nitrogens with zero attached hydrogens (tertiary/aromatic N) is 3. The van der Waals surface area contributed by atoms with Crippen molar-refractivity contribution >= 4 is 30.0 Å². The Bertz CT molecular complexity index is 647. The molecule has 0 aliphatic rings. The fraction of sp³-hybridized carbons (Fsp3) is 0.154. The monoisotopic (exact) mass is 290 g/mol. The van der Waals surface area contributed by atoms with Gasteiger partial charge in [-0.15, -0.1) is 0 Å². The van der Waals surface area contributed by atoms with E-state index >= 15 is 0 Å². The highest BCUT2D eigenvalue weighted by molar-refractivity contribution is 7.80. The van der Waals surface area contributed by atoms with Gasteiger partial charge in [-0.3, -0.25) is 0 Å². The second-order valence-electron chi connectivity index (χ2n) is 3.99. The van der Waals surface area contributed by atoms with E-state index in [1.54, 1.807) is 24.3 Å². The van der Waals surface area contributed by atoms with Crippen molar-refractivity contribution in [3.63, 3.8) is 0 Å². The SMILES string of the molecule is CC(S)c1nc(N)c(C#N)c(-c2ccc(Cl)cc2)n1. The van der Waals surface area contributed by atoms with Gasteiger partial charge in [0.25, 0.3) is 0 Å². The third-order valence-electron chi connectivity index (χ3n) is 2.56. The average Bonchev–Trinajstić information content (AvgIpc) is 2.38. The van der Waals surface area contributed by atoms with E-state index in [1.165, 1.54) is 0 Å². The number of nitrogen functional groups attached to an aromatic ring is 1. The number of hydrogen-bond donors (Lipinski definition) is 2. The van der Waals surface area contributed by atoms with E-state index in [0.29, 0.717) is 16.5 Å². The van der Waals surface area contributed by atoms with Gasteiger partial charge in [-0.25, -0.2) is 9.97 Å². The van der Waals surface area contributed by atoms with Crippen LogP contribution in [0.5, 0.6) is 0 Å². The van der Waals surface area contributed by atoms with Crippen LogP contribution in [0.2, 0.25) is 5.02 Å². The first kappa shape index (κ1) is 13.7. The summed E-state index contributed by atoms with van der Waals surface area (Å²) in [5.41, 5.74) is 7.34. The van der Waals surface area contributed by atoms with Crippen LogP contribution >= 0.6 is 24.2 Å². The molecule has 2 rings (SSSR count). The Balaban J connectivity index is 2.67. The lowest BCUT2D eigenvalue weighted by molar-refractivity contribution is 0.930. The van der Waals surface area contributed by atoms with Gasteiger partial charge in [-0.1, -0.05) is 23.7 Å². The van der Waals surface area contributed by atoms with Crippen LogP contribution in [0.4, 0.5) is 5.82 Å². The van der Waals surface area contributed by atoms with Crippen molar-refractivity contribution in [1.29, 1.82) is 5.26 Å². The highest BCUT2D eigenvalue weighted by Gasteiger charge is 2.15. The number of anilines is 1. The highest BCUT2D eigenvalue weighted by Crippen LogP contribution is 2.28. The van der Waals surface area contributed by atoms with Crippen molar-refractivity contribution in [3.8, 4) is 17.3 Å². The van der Waals surface area contributed by atoms with Crippen LogP contribution in [0, 0.1) is 11.3 Å². The van der Waals surface area contributed by atoms with Gasteiger partial charge in [-0.2, -0.15) is 17.9 Å². The lowest BCUT2D eigenvalue weighted by atomic mass is 10.1. The minimum Gasteiger partial charge on any atom is -0.382 e. The maximum atomic E-state index is 9.19. The molecule has 2 aromatic rings. The summed E-state index contributed by atoms with van der Waals surface area (Å²) in [7, 11) is 0. The molecule has 0 spiro atoms. The third-order valence-corrected chi connectivity index (χ3v) is 3.04. The van der Waals surface area contributed by atoms with Gasteiger partial charge >= 0.3 is 0 Å². The summed E-state index contributed by atoms with van der Waals surface area (Å²) in [5, 5.41) is 9.64. The van der Waals surface area contributed by atoms with Crippen molar-refractivity contribution in [1.82, 2.24) is 9.97 Å². The molecule has 4 nitrogen and oxygen atoms in total. The van der Waals surface area contributed by atoms with Crippen LogP contribution in [-0.2, 0) is 0 Å². The van der Waals surface area contributed by atoms with E-state index in [1.807, 2.05) is 13.0 Å². The minimum atomic E-state index is -0.166. The molecule has 0 aliphatic carbocycles. The van der Waals surface area contributed by atoms with Gasteiger partial charge in [-0.05, 0) is 19.1 Å². The average molecular weight is 291 g/mol. The molecular weight excluding hydrogens is 280 g/mol. The molecule has 6 heteroatoms. The van der Waals surface area contributed by atoms with Gasteiger partial charge in [0.2, 0.25) is 0 Å². The maximum Gasteiger partial charge on any atom is 0.145 e. The second-order valence-corrected chi connectivity index (χ2v) is 5.20. The number of thiol groups is 1. The van der Waals surface area contributed by atoms with E-state index in [-0.39, 0.29) is 16.6 Å². The Labute approximate surface area is 121 Å². The fourth-order valence-corrected chi connectivity index (χ4v) is 1.85. The van der Waals surface area contributed by atoms with E-state index in [9.17, 15) is 5.26 Å². The van der Waals surface area contributed by atoms with E-state index in [2.05, 4.69) is 22.6 Å². The molecule has 19 heavy (non-hydrogen) atoms. The largest absolute Gasteiger partial charge is 0.382 e. The zero-order valence-electron chi connectivity index (χ0n) is 10.1. The fourth-order valence-electron chi connectivity index (χ4n) is 1.61. The number of aromatic nitrogens is 2. The van der Waals surface area contributed by atoms with Crippen LogP contribution in [-0.4, -0.2) is 9.97 Å². The summed E-state index contributed by atoms with van der Waals surface area (Å²) in [6.45, 7) is 1.84. The molecule has 0 amide bonds. The number of benzene rings is 1. The van der Waals surface area contributed by atoms with Crippen molar-refractivity contribution < 1.29 is 0 Å². The Morgan fingerprint density at radius 1 is 1.32 bits per heavy atom. The molecule has 2 N–H and O–H groups in total. The Hall–Kier alpha value is -1.77. The van der Waals surface area contributed by atoms with Gasteiger partial charge in [0.15, 0.2) is 0 Å². The molecule has 0 fully saturated rings. The smallest absolute Gasteiger partial charge is 0.145 e. The van der Waals surface area contributed by atoms with Crippen molar-refractivity contribution in [2.24, 2.45) is 0 Å². The predicted octanol–water partition coefficient (Wildman–Crippen LogP) is 3.24. The summed E-state index contributed by atoms with van der Waals surface area (Å²) in [4.78, 5) is 8.46. The number of nitrogens with two attached hydrogens (primary N) is 1. The molecule has 1 heterocycles. The lowest BCUT2D eigenvalue weighted by Gasteiger charge is -2.10. The third kappa shape index (κ3) is 2.80. The Kier molecular flexibility index (Phi) is 3.93. The lowest BCUT2D eigenvalue weighted by Crippen LogP contribution is -2.06. The van der Waals surface area contributed by atoms with E-state index < -0.39 is 0 Å². The molecular formula is C13H11ClN4S. The number of halogens is 1. The molecule has 0 bridgehead atoms. The highest BCUT2D eigenvalue weighted by atomic mass is 35.5. The molecule has 0 radical (unpaired) electrons. The molecule has 0 saturated heterocycles. The maximum absolute atomic E-state index is 9.19. The molecule has 0 aliphatic heterocycles. The zero-order chi connectivity index (χ0) is 14.0. The zero-order valence-corrected chi connectivity index (χ0v) is 11.8. The van der Waals surface area contributed by atoms with Crippen LogP contribution in [0.25, 0.3) is 11.3 Å². The molecule has 0 saturated carbocycles. The summed E-state index contributed by atoms with van der Waals surface area (Å²) in [6.07, 6.45) is 0.